The van der Waals surface area contributed by atoms with E-state index in [4.69, 9.17) is 4.74 Å². The minimum absolute atomic E-state index is 0.00879. The molecule has 0 bridgehead atoms. The maximum absolute atomic E-state index is 12.5. The summed E-state index contributed by atoms with van der Waals surface area (Å²) >= 11 is 0. The second-order valence-corrected chi connectivity index (χ2v) is 6.66. The first kappa shape index (κ1) is 15.1. The minimum Gasteiger partial charge on any atom is -0.479 e. The molecule has 0 aliphatic carbocycles. The molecule has 0 amide bonds. The number of hydrogen-bond donors (Lipinski definition) is 0. The Morgan fingerprint density at radius 2 is 1.60 bits per heavy atom. The van der Waals surface area contributed by atoms with Crippen LogP contribution in [0, 0.1) is 33.6 Å². The van der Waals surface area contributed by atoms with Gasteiger partial charge in [-0.05, 0) is 75.3 Å². The van der Waals surface area contributed by atoms with E-state index < -0.39 is 5.60 Å². The van der Waals surface area contributed by atoms with Gasteiger partial charge in [0, 0.05) is 5.92 Å². The van der Waals surface area contributed by atoms with Crippen molar-refractivity contribution in [1.82, 2.24) is 0 Å². The van der Waals surface area contributed by atoms with Crippen molar-refractivity contribution in [1.29, 1.82) is 0 Å². The SMILES string of the molecule is Cc1c(C)c(C)c2c(c1C)CCC(C)(C(=O)C(C)C)O2. The highest BCUT2D eigenvalue weighted by Gasteiger charge is 2.41. The van der Waals surface area contributed by atoms with Crippen molar-refractivity contribution in [2.45, 2.75) is 66.9 Å². The van der Waals surface area contributed by atoms with Gasteiger partial charge in [0.25, 0.3) is 0 Å². The number of ketones is 1. The van der Waals surface area contributed by atoms with Crippen LogP contribution in [0.4, 0.5) is 0 Å². The number of hydrogen-bond acceptors (Lipinski definition) is 2. The molecule has 0 fully saturated rings. The van der Waals surface area contributed by atoms with Gasteiger partial charge in [-0.1, -0.05) is 13.8 Å². The molecule has 0 saturated heterocycles. The van der Waals surface area contributed by atoms with Crippen LogP contribution in [-0.4, -0.2) is 11.4 Å². The first-order valence-corrected chi connectivity index (χ1v) is 7.51. The van der Waals surface area contributed by atoms with E-state index in [1.807, 2.05) is 20.8 Å². The van der Waals surface area contributed by atoms with Crippen LogP contribution in [0.3, 0.4) is 0 Å². The zero-order valence-electron chi connectivity index (χ0n) is 13.8. The van der Waals surface area contributed by atoms with E-state index >= 15 is 0 Å². The molecule has 0 spiro atoms. The minimum atomic E-state index is -0.667. The third kappa shape index (κ3) is 2.15. The van der Waals surface area contributed by atoms with Gasteiger partial charge in [0.2, 0.25) is 0 Å². The molecular weight excluding hydrogens is 248 g/mol. The summed E-state index contributed by atoms with van der Waals surface area (Å²) in [5, 5.41) is 0. The summed E-state index contributed by atoms with van der Waals surface area (Å²) in [6.07, 6.45) is 1.71. The lowest BCUT2D eigenvalue weighted by Gasteiger charge is -2.38. The van der Waals surface area contributed by atoms with Gasteiger partial charge in [-0.2, -0.15) is 0 Å². The van der Waals surface area contributed by atoms with Gasteiger partial charge in [0.1, 0.15) is 5.75 Å². The third-order valence-corrected chi connectivity index (χ3v) is 4.98. The average Bonchev–Trinajstić information content (AvgIpc) is 2.41. The largest absolute Gasteiger partial charge is 0.479 e. The number of Topliss-reactive ketones (excluding diaryl/α,β-unsaturated/α-hetero) is 1. The smallest absolute Gasteiger partial charge is 0.178 e. The molecule has 0 N–H and O–H groups in total. The van der Waals surface area contributed by atoms with Crippen LogP contribution in [0.15, 0.2) is 0 Å². The summed E-state index contributed by atoms with van der Waals surface area (Å²) in [5.74, 6) is 1.17. The summed E-state index contributed by atoms with van der Waals surface area (Å²) in [6, 6.07) is 0. The maximum Gasteiger partial charge on any atom is 0.178 e. The van der Waals surface area contributed by atoms with Crippen LogP contribution in [0.2, 0.25) is 0 Å². The molecule has 1 aromatic carbocycles. The summed E-state index contributed by atoms with van der Waals surface area (Å²) in [7, 11) is 0. The number of rotatable bonds is 2. The molecule has 1 aliphatic rings. The highest BCUT2D eigenvalue weighted by molar-refractivity contribution is 5.89. The van der Waals surface area contributed by atoms with Gasteiger partial charge in [-0.25, -0.2) is 0 Å². The molecule has 2 nitrogen and oxygen atoms in total. The van der Waals surface area contributed by atoms with E-state index in [0.29, 0.717) is 0 Å². The van der Waals surface area contributed by atoms with Crippen molar-refractivity contribution in [3.8, 4) is 5.75 Å². The molecule has 20 heavy (non-hydrogen) atoms. The van der Waals surface area contributed by atoms with Crippen LogP contribution in [-0.2, 0) is 11.2 Å². The molecule has 1 heterocycles. The van der Waals surface area contributed by atoms with Gasteiger partial charge in [0.05, 0.1) is 0 Å². The molecule has 2 heteroatoms. The van der Waals surface area contributed by atoms with Crippen molar-refractivity contribution < 1.29 is 9.53 Å². The summed E-state index contributed by atoms with van der Waals surface area (Å²) in [4.78, 5) is 12.5. The Bertz CT molecular complexity index is 570. The van der Waals surface area contributed by atoms with Crippen molar-refractivity contribution in [2.24, 2.45) is 5.92 Å². The fourth-order valence-electron chi connectivity index (χ4n) is 3.22. The zero-order chi connectivity index (χ0) is 15.2. The van der Waals surface area contributed by atoms with Crippen molar-refractivity contribution in [3.63, 3.8) is 0 Å². The highest BCUT2D eigenvalue weighted by Crippen LogP contribution is 2.41. The monoisotopic (exact) mass is 274 g/mol. The second-order valence-electron chi connectivity index (χ2n) is 6.66. The van der Waals surface area contributed by atoms with Crippen LogP contribution < -0.4 is 4.74 Å². The Balaban J connectivity index is 2.53. The first-order chi connectivity index (χ1) is 9.19. The molecular formula is C18H26O2. The predicted octanol–water partition coefficient (Wildman–Crippen LogP) is 4.23. The van der Waals surface area contributed by atoms with Gasteiger partial charge in [0.15, 0.2) is 11.4 Å². The van der Waals surface area contributed by atoms with Crippen molar-refractivity contribution in [2.75, 3.05) is 0 Å². The van der Waals surface area contributed by atoms with Crippen LogP contribution in [0.25, 0.3) is 0 Å². The van der Waals surface area contributed by atoms with E-state index in [2.05, 4.69) is 27.7 Å². The van der Waals surface area contributed by atoms with Gasteiger partial charge in [-0.3, -0.25) is 4.79 Å². The van der Waals surface area contributed by atoms with Crippen LogP contribution in [0.1, 0.15) is 55.0 Å². The number of benzene rings is 1. The number of carbonyl (C=O) groups excluding carboxylic acids is 1. The van der Waals surface area contributed by atoms with Gasteiger partial charge in [-0.15, -0.1) is 0 Å². The van der Waals surface area contributed by atoms with Crippen molar-refractivity contribution >= 4 is 5.78 Å². The normalized spacial score (nSPS) is 21.6. The summed E-state index contributed by atoms with van der Waals surface area (Å²) in [6.45, 7) is 14.4. The Hall–Kier alpha value is -1.31. The van der Waals surface area contributed by atoms with Crippen molar-refractivity contribution in [3.05, 3.63) is 27.8 Å². The molecule has 0 saturated carbocycles. The summed E-state index contributed by atoms with van der Waals surface area (Å²) in [5.41, 5.74) is 5.76. The van der Waals surface area contributed by atoms with Gasteiger partial charge >= 0.3 is 0 Å². The van der Waals surface area contributed by atoms with E-state index in [1.165, 1.54) is 27.8 Å². The quantitative estimate of drug-likeness (QED) is 0.806. The lowest BCUT2D eigenvalue weighted by Crippen LogP contribution is -2.46. The standard InChI is InChI=1S/C18H26O2/c1-10(2)17(19)18(7)9-8-15-13(5)11(3)12(4)14(6)16(15)20-18/h10H,8-9H2,1-7H3. The number of fused-ring (bicyclic) bond motifs is 1. The third-order valence-electron chi connectivity index (χ3n) is 4.98. The fraction of sp³-hybridized carbons (Fsp3) is 0.611. The maximum atomic E-state index is 12.5. The lowest BCUT2D eigenvalue weighted by molar-refractivity contribution is -0.137. The molecule has 110 valence electrons. The van der Waals surface area contributed by atoms with E-state index in [1.54, 1.807) is 0 Å². The molecule has 2 rings (SSSR count). The molecule has 1 aliphatic heterocycles. The Morgan fingerprint density at radius 1 is 1.05 bits per heavy atom. The first-order valence-electron chi connectivity index (χ1n) is 7.51. The van der Waals surface area contributed by atoms with Crippen LogP contribution in [0.5, 0.6) is 5.75 Å². The molecule has 0 aromatic heterocycles. The van der Waals surface area contributed by atoms with E-state index in [9.17, 15) is 4.79 Å². The van der Waals surface area contributed by atoms with Gasteiger partial charge < -0.3 is 4.74 Å². The molecule has 1 unspecified atom stereocenters. The molecule has 0 radical (unpaired) electrons. The fourth-order valence-corrected chi connectivity index (χ4v) is 3.22. The lowest BCUT2D eigenvalue weighted by atomic mass is 9.81. The van der Waals surface area contributed by atoms with E-state index in [-0.39, 0.29) is 11.7 Å². The van der Waals surface area contributed by atoms with Crippen LogP contribution >= 0.6 is 0 Å². The predicted molar refractivity (Wildman–Crippen MR) is 82.6 cm³/mol. The van der Waals surface area contributed by atoms with E-state index in [0.717, 1.165) is 18.6 Å². The summed E-state index contributed by atoms with van der Waals surface area (Å²) < 4.78 is 6.24. The average molecular weight is 274 g/mol. The second kappa shape index (κ2) is 4.91. The topological polar surface area (TPSA) is 26.3 Å². The Labute approximate surface area is 122 Å². The zero-order valence-corrected chi connectivity index (χ0v) is 13.8. The Kier molecular flexibility index (Phi) is 3.70. The number of ether oxygens (including phenoxy) is 1. The Morgan fingerprint density at radius 3 is 2.15 bits per heavy atom. The number of carbonyl (C=O) groups is 1. The highest BCUT2D eigenvalue weighted by atomic mass is 16.5. The molecule has 1 aromatic rings. The molecule has 1 atom stereocenters.